The van der Waals surface area contributed by atoms with Gasteiger partial charge in [-0.05, 0) is 38.5 Å². The third-order valence-electron chi connectivity index (χ3n) is 9.94. The first-order valence-electron chi connectivity index (χ1n) is 23.3. The Kier molecular flexibility index (Phi) is 43.9. The van der Waals surface area contributed by atoms with E-state index in [1.54, 1.807) is 0 Å². The fourth-order valence-electron chi connectivity index (χ4n) is 6.17. The highest BCUT2D eigenvalue weighted by molar-refractivity contribution is 5.86. The summed E-state index contributed by atoms with van der Waals surface area (Å²) in [6.45, 7) is 5.48. The second-order valence-electron chi connectivity index (χ2n) is 15.9. The summed E-state index contributed by atoms with van der Waals surface area (Å²) in [5.41, 5.74) is 4.17. The normalized spacial score (nSPS) is 11.8. The van der Waals surface area contributed by atoms with Gasteiger partial charge in [-0.1, -0.05) is 104 Å². The first kappa shape index (κ1) is 61.9. The summed E-state index contributed by atoms with van der Waals surface area (Å²) in [4.78, 5) is 90.8. The highest BCUT2D eigenvalue weighted by Crippen LogP contribution is 2.15. The first-order valence-corrected chi connectivity index (χ1v) is 23.3. The first-order chi connectivity index (χ1) is 30.7. The predicted molar refractivity (Wildman–Crippen MR) is 239 cm³/mol. The Balaban J connectivity index is 0. The van der Waals surface area contributed by atoms with Crippen molar-refractivity contribution in [3.63, 3.8) is 0 Å². The number of hydrogen-bond acceptors (Lipinski definition) is 12. The maximum atomic E-state index is 12.5. The van der Waals surface area contributed by atoms with Crippen LogP contribution < -0.4 is 21.7 Å². The van der Waals surface area contributed by atoms with Gasteiger partial charge in [0.2, 0.25) is 24.1 Å². The van der Waals surface area contributed by atoms with Crippen LogP contribution in [0.2, 0.25) is 0 Å². The zero-order chi connectivity index (χ0) is 48.1. The van der Waals surface area contributed by atoms with Gasteiger partial charge in [-0.2, -0.15) is 0 Å². The quantitative estimate of drug-likeness (QED) is 0.0322. The summed E-state index contributed by atoms with van der Waals surface area (Å²) in [6, 6.07) is -2.40. The lowest BCUT2D eigenvalue weighted by Gasteiger charge is -2.17. The van der Waals surface area contributed by atoms with Crippen LogP contribution in [0.1, 0.15) is 162 Å². The molecule has 8 N–H and O–H groups in total. The van der Waals surface area contributed by atoms with E-state index in [1.807, 2.05) is 13.8 Å². The number of aliphatic carboxylic acids is 3. The summed E-state index contributed by atoms with van der Waals surface area (Å²) in [7, 11) is 0. The third-order valence-corrected chi connectivity index (χ3v) is 9.94. The van der Waals surface area contributed by atoms with Gasteiger partial charge in [0.05, 0.1) is 33.0 Å². The second kappa shape index (κ2) is 45.4. The molecule has 2 atom stereocenters. The SMILES string of the molecule is CC(C)C(=O)COCCOCCNC(=O)COCCOCCCC[C@H](NC(=O)CCC(NC(=O)CCCCCCCCCCCCCCCCCCC(=O)O)C(=O)O)C(=O)O.NC=O. The number of nitrogens with two attached hydrogens (primary N) is 1. The standard InChI is InChI=1S/C44H79N3O14.CH3NO/c1-35(2)38(48)33-60-31-30-59-28-26-45-41(51)34-61-32-29-58-27-20-19-21-36(43(54)55)46-40(50)25-24-37(44(56)57)47-39(49)22-17-15-13-11-9-7-5-3-4-6-8-10-12-14-16-18-23-42(52)53;2-1-3/h35-37H,3-34H2,1-2H3,(H,45,51)(H,46,50)(H,47,49)(H,52,53)(H,54,55)(H,56,57);1H,(H2,2,3)/t36-,37?;/m0./s1. The molecule has 0 aromatic heterocycles. The Bertz CT molecular complexity index is 1250. The molecule has 64 heavy (non-hydrogen) atoms. The van der Waals surface area contributed by atoms with Crippen molar-refractivity contribution in [3.05, 3.63) is 0 Å². The molecule has 0 fully saturated rings. The monoisotopic (exact) mass is 919 g/mol. The highest BCUT2D eigenvalue weighted by Gasteiger charge is 2.24. The van der Waals surface area contributed by atoms with Gasteiger partial charge in [0.25, 0.3) is 0 Å². The van der Waals surface area contributed by atoms with E-state index in [4.69, 9.17) is 28.8 Å². The smallest absolute Gasteiger partial charge is 0.326 e. The number of rotatable bonds is 45. The van der Waals surface area contributed by atoms with Gasteiger partial charge in [0, 0.05) is 38.3 Å². The maximum absolute atomic E-state index is 12.5. The molecule has 0 radical (unpaired) electrons. The molecule has 1 unspecified atom stereocenters. The largest absolute Gasteiger partial charge is 0.481 e. The minimum Gasteiger partial charge on any atom is -0.481 e. The summed E-state index contributed by atoms with van der Waals surface area (Å²) in [6.07, 6.45) is 19.0. The number of ether oxygens (including phenoxy) is 4. The number of amides is 4. The van der Waals surface area contributed by atoms with Crippen LogP contribution in [-0.4, -0.2) is 135 Å². The van der Waals surface area contributed by atoms with Gasteiger partial charge >= 0.3 is 17.9 Å². The molecular formula is C45H82N4O15. The molecule has 0 saturated heterocycles. The van der Waals surface area contributed by atoms with Crippen molar-refractivity contribution in [1.82, 2.24) is 16.0 Å². The van der Waals surface area contributed by atoms with Gasteiger partial charge in [-0.3, -0.25) is 28.8 Å². The van der Waals surface area contributed by atoms with Crippen molar-refractivity contribution in [2.75, 3.05) is 59.4 Å². The molecule has 0 aromatic carbocycles. The van der Waals surface area contributed by atoms with Gasteiger partial charge in [0.1, 0.15) is 25.3 Å². The minimum absolute atomic E-state index is 0.0296. The molecule has 19 nitrogen and oxygen atoms in total. The number of carbonyl (C=O) groups is 8. The highest BCUT2D eigenvalue weighted by atomic mass is 16.5. The molecule has 372 valence electrons. The zero-order valence-corrected chi connectivity index (χ0v) is 38.8. The van der Waals surface area contributed by atoms with Crippen LogP contribution in [0.3, 0.4) is 0 Å². The van der Waals surface area contributed by atoms with E-state index in [9.17, 15) is 43.8 Å². The molecule has 0 aromatic rings. The topological polar surface area (TPSA) is 296 Å². The predicted octanol–water partition coefficient (Wildman–Crippen LogP) is 4.69. The molecule has 0 aliphatic heterocycles. The molecular weight excluding hydrogens is 837 g/mol. The van der Waals surface area contributed by atoms with E-state index in [1.165, 1.54) is 51.4 Å². The van der Waals surface area contributed by atoms with Crippen LogP contribution in [0.25, 0.3) is 0 Å². The average Bonchev–Trinajstić information content (AvgIpc) is 3.24. The fourth-order valence-corrected chi connectivity index (χ4v) is 6.17. The van der Waals surface area contributed by atoms with E-state index in [0.717, 1.165) is 44.9 Å². The Morgan fingerprint density at radius 1 is 0.484 bits per heavy atom. The molecule has 0 saturated carbocycles. The second-order valence-corrected chi connectivity index (χ2v) is 15.9. The van der Waals surface area contributed by atoms with Crippen molar-refractivity contribution in [2.45, 2.75) is 174 Å². The van der Waals surface area contributed by atoms with Gasteiger partial charge in [-0.25, -0.2) is 9.59 Å². The minimum atomic E-state index is -1.26. The Hall–Kier alpha value is -4.20. The lowest BCUT2D eigenvalue weighted by molar-refractivity contribution is -0.143. The molecule has 0 rings (SSSR count). The van der Waals surface area contributed by atoms with Crippen LogP contribution in [0.15, 0.2) is 0 Å². The zero-order valence-electron chi connectivity index (χ0n) is 38.8. The Morgan fingerprint density at radius 3 is 1.36 bits per heavy atom. The van der Waals surface area contributed by atoms with Crippen molar-refractivity contribution in [3.8, 4) is 0 Å². The molecule has 0 aliphatic rings. The molecule has 0 aliphatic carbocycles. The van der Waals surface area contributed by atoms with E-state index in [0.29, 0.717) is 52.2 Å². The number of Topliss-reactive ketones (excluding diaryl/α,β-unsaturated/α-hetero) is 1. The van der Waals surface area contributed by atoms with Crippen LogP contribution in [0.5, 0.6) is 0 Å². The summed E-state index contributed by atoms with van der Waals surface area (Å²) >= 11 is 0. The maximum Gasteiger partial charge on any atom is 0.326 e. The summed E-state index contributed by atoms with van der Waals surface area (Å²) in [5, 5.41) is 35.4. The number of hydrogen-bond donors (Lipinski definition) is 7. The van der Waals surface area contributed by atoms with Crippen LogP contribution >= 0.6 is 0 Å². The molecule has 19 heteroatoms. The van der Waals surface area contributed by atoms with Crippen molar-refractivity contribution in [2.24, 2.45) is 11.7 Å². The Labute approximate surface area is 380 Å². The number of primary amides is 1. The van der Waals surface area contributed by atoms with Crippen LogP contribution in [0.4, 0.5) is 0 Å². The fraction of sp³-hybridized carbons (Fsp3) is 0.822. The van der Waals surface area contributed by atoms with Crippen LogP contribution in [0, 0.1) is 5.92 Å². The van der Waals surface area contributed by atoms with Crippen molar-refractivity contribution in [1.29, 1.82) is 0 Å². The Morgan fingerprint density at radius 2 is 0.891 bits per heavy atom. The van der Waals surface area contributed by atoms with Crippen molar-refractivity contribution >= 4 is 47.8 Å². The van der Waals surface area contributed by atoms with E-state index in [-0.39, 0.29) is 88.5 Å². The van der Waals surface area contributed by atoms with Gasteiger partial charge in [0.15, 0.2) is 5.78 Å². The number of ketones is 1. The average molecular weight is 919 g/mol. The van der Waals surface area contributed by atoms with E-state index < -0.39 is 35.9 Å². The molecule has 4 amide bonds. The van der Waals surface area contributed by atoms with Crippen molar-refractivity contribution < 1.29 is 72.6 Å². The number of carbonyl (C=O) groups excluding carboxylic acids is 5. The number of carboxylic acid groups (broad SMARTS) is 3. The van der Waals surface area contributed by atoms with E-state index >= 15 is 0 Å². The van der Waals surface area contributed by atoms with Crippen LogP contribution in [-0.2, 0) is 57.3 Å². The number of unbranched alkanes of at least 4 members (excludes halogenated alkanes) is 16. The third kappa shape index (κ3) is 44.4. The number of carboxylic acids is 3. The number of nitrogens with one attached hydrogen (secondary N) is 3. The summed E-state index contributed by atoms with van der Waals surface area (Å²) in [5.74, 6) is -4.52. The molecule has 0 bridgehead atoms. The van der Waals surface area contributed by atoms with E-state index in [2.05, 4.69) is 21.7 Å². The lowest BCUT2D eigenvalue weighted by atomic mass is 10.0. The molecule has 0 spiro atoms. The lowest BCUT2D eigenvalue weighted by Crippen LogP contribution is -2.43. The van der Waals surface area contributed by atoms with Gasteiger partial charge < -0.3 is 56.0 Å². The molecule has 0 heterocycles. The van der Waals surface area contributed by atoms with Gasteiger partial charge in [-0.15, -0.1) is 0 Å². The summed E-state index contributed by atoms with van der Waals surface area (Å²) < 4.78 is 21.3.